The molecule has 0 aliphatic heterocycles. The number of hydrogen-bond acceptors (Lipinski definition) is 3. The minimum Gasteiger partial charge on any atom is -0.489 e. The summed E-state index contributed by atoms with van der Waals surface area (Å²) >= 11 is 5.97. The Kier molecular flexibility index (Phi) is 5.81. The van der Waals surface area contributed by atoms with Crippen molar-refractivity contribution < 1.29 is 9.53 Å². The third-order valence-electron chi connectivity index (χ3n) is 4.31. The molecule has 1 heterocycles. The van der Waals surface area contributed by atoms with Gasteiger partial charge in [-0.15, -0.1) is 0 Å². The molecular weight excluding hydrogens is 362 g/mol. The quantitative estimate of drug-likeness (QED) is 0.694. The van der Waals surface area contributed by atoms with Crippen LogP contribution >= 0.6 is 11.6 Å². The van der Waals surface area contributed by atoms with Crippen molar-refractivity contribution in [3.8, 4) is 5.75 Å². The van der Waals surface area contributed by atoms with Crippen molar-refractivity contribution in [1.29, 1.82) is 0 Å². The molecule has 3 aromatic rings. The lowest BCUT2D eigenvalue weighted by molar-refractivity contribution is 0.0950. The molecule has 0 bridgehead atoms. The first-order valence-corrected chi connectivity index (χ1v) is 9.06. The van der Waals surface area contributed by atoms with Crippen LogP contribution in [0.5, 0.6) is 5.75 Å². The number of rotatable bonds is 6. The van der Waals surface area contributed by atoms with Crippen LogP contribution in [0.15, 0.2) is 48.5 Å². The van der Waals surface area contributed by atoms with Crippen molar-refractivity contribution >= 4 is 17.5 Å². The molecule has 1 amide bonds. The van der Waals surface area contributed by atoms with Crippen molar-refractivity contribution in [1.82, 2.24) is 15.1 Å². The first-order valence-electron chi connectivity index (χ1n) is 8.68. The van der Waals surface area contributed by atoms with E-state index in [4.69, 9.17) is 16.3 Å². The summed E-state index contributed by atoms with van der Waals surface area (Å²) in [6.07, 6.45) is 0. The summed E-state index contributed by atoms with van der Waals surface area (Å²) in [5, 5.41) is 7.93. The molecule has 5 nitrogen and oxygen atoms in total. The number of ether oxygens (including phenoxy) is 1. The molecule has 0 atom stereocenters. The van der Waals surface area contributed by atoms with E-state index in [1.807, 2.05) is 57.3 Å². The molecule has 0 aliphatic rings. The molecular formula is C21H22ClN3O2. The molecule has 27 heavy (non-hydrogen) atoms. The number of amides is 1. The Hall–Kier alpha value is -2.79. The number of nitrogens with zero attached hydrogens (tertiary/aromatic N) is 2. The average Bonchev–Trinajstić information content (AvgIpc) is 2.97. The summed E-state index contributed by atoms with van der Waals surface area (Å²) in [4.78, 5) is 12.4. The maximum Gasteiger partial charge on any atom is 0.251 e. The fourth-order valence-electron chi connectivity index (χ4n) is 2.73. The van der Waals surface area contributed by atoms with Crippen LogP contribution in [-0.4, -0.2) is 15.7 Å². The zero-order chi connectivity index (χ0) is 19.4. The van der Waals surface area contributed by atoms with E-state index in [1.54, 1.807) is 16.8 Å². The Morgan fingerprint density at radius 2 is 2.00 bits per heavy atom. The predicted molar refractivity (Wildman–Crippen MR) is 106 cm³/mol. The van der Waals surface area contributed by atoms with Gasteiger partial charge in [0.15, 0.2) is 0 Å². The molecule has 0 fully saturated rings. The smallest absolute Gasteiger partial charge is 0.251 e. The summed E-state index contributed by atoms with van der Waals surface area (Å²) in [6, 6.07) is 14.9. The number of carbonyl (C=O) groups excluding carboxylic acids is 1. The Morgan fingerprint density at radius 1 is 1.19 bits per heavy atom. The van der Waals surface area contributed by atoms with Crippen molar-refractivity contribution in [2.75, 3.05) is 0 Å². The van der Waals surface area contributed by atoms with Gasteiger partial charge < -0.3 is 10.1 Å². The summed E-state index contributed by atoms with van der Waals surface area (Å²) < 4.78 is 7.64. The van der Waals surface area contributed by atoms with Crippen LogP contribution in [0.4, 0.5) is 0 Å². The van der Waals surface area contributed by atoms with Gasteiger partial charge in [0.25, 0.3) is 5.91 Å². The highest BCUT2D eigenvalue weighted by atomic mass is 35.5. The average molecular weight is 384 g/mol. The minimum absolute atomic E-state index is 0.136. The van der Waals surface area contributed by atoms with Crippen LogP contribution in [0.1, 0.15) is 32.9 Å². The number of halogens is 1. The largest absolute Gasteiger partial charge is 0.489 e. The monoisotopic (exact) mass is 383 g/mol. The molecule has 2 aromatic carbocycles. The van der Waals surface area contributed by atoms with Gasteiger partial charge in [0.1, 0.15) is 12.4 Å². The number of carbonyl (C=O) groups is 1. The van der Waals surface area contributed by atoms with Gasteiger partial charge in [-0.3, -0.25) is 9.48 Å². The molecule has 0 saturated carbocycles. The number of hydrogen-bond donors (Lipinski definition) is 1. The zero-order valence-electron chi connectivity index (χ0n) is 15.6. The molecule has 0 unspecified atom stereocenters. The SMILES string of the molecule is Cc1cc(Cl)ccc1OCc1cccc(C(=O)NCc2cc(C)n(C)n2)c1. The molecule has 1 N–H and O–H groups in total. The first-order chi connectivity index (χ1) is 12.9. The van der Waals surface area contributed by atoms with E-state index in [0.29, 0.717) is 23.7 Å². The molecule has 0 radical (unpaired) electrons. The highest BCUT2D eigenvalue weighted by Gasteiger charge is 2.09. The molecule has 0 aliphatic carbocycles. The first kappa shape index (κ1) is 19.0. The Labute approximate surface area is 163 Å². The zero-order valence-corrected chi connectivity index (χ0v) is 16.4. The van der Waals surface area contributed by atoms with Crippen molar-refractivity contribution in [3.63, 3.8) is 0 Å². The fourth-order valence-corrected chi connectivity index (χ4v) is 2.96. The third-order valence-corrected chi connectivity index (χ3v) is 4.55. The Bertz CT molecular complexity index is 946. The summed E-state index contributed by atoms with van der Waals surface area (Å²) in [5.74, 6) is 0.641. The second kappa shape index (κ2) is 8.27. The Balaban J connectivity index is 1.61. The van der Waals surface area contributed by atoms with Crippen LogP contribution in [0.2, 0.25) is 5.02 Å². The third kappa shape index (κ3) is 4.89. The number of aryl methyl sites for hydroxylation is 3. The van der Waals surface area contributed by atoms with E-state index < -0.39 is 0 Å². The molecule has 140 valence electrons. The standard InChI is InChI=1S/C21H22ClN3O2/c1-14-9-18(22)7-8-20(14)27-13-16-5-4-6-17(11-16)21(26)23-12-19-10-15(2)25(3)24-19/h4-11H,12-13H2,1-3H3,(H,23,26). The van der Waals surface area contributed by atoms with E-state index in [-0.39, 0.29) is 5.91 Å². The molecule has 3 rings (SSSR count). The lowest BCUT2D eigenvalue weighted by Gasteiger charge is -2.10. The fraction of sp³-hybridized carbons (Fsp3) is 0.238. The number of nitrogens with one attached hydrogen (secondary N) is 1. The van der Waals surface area contributed by atoms with Gasteiger partial charge in [0.05, 0.1) is 12.2 Å². The van der Waals surface area contributed by atoms with Gasteiger partial charge in [-0.25, -0.2) is 0 Å². The topological polar surface area (TPSA) is 56.1 Å². The summed E-state index contributed by atoms with van der Waals surface area (Å²) in [6.45, 7) is 4.70. The number of aromatic nitrogens is 2. The van der Waals surface area contributed by atoms with Crippen molar-refractivity contribution in [2.24, 2.45) is 7.05 Å². The van der Waals surface area contributed by atoms with Gasteiger partial charge in [-0.05, 0) is 61.4 Å². The van der Waals surface area contributed by atoms with Gasteiger partial charge in [-0.1, -0.05) is 23.7 Å². The van der Waals surface area contributed by atoms with Gasteiger partial charge >= 0.3 is 0 Å². The molecule has 1 aromatic heterocycles. The second-order valence-corrected chi connectivity index (χ2v) is 6.92. The van der Waals surface area contributed by atoms with Crippen LogP contribution in [0.25, 0.3) is 0 Å². The van der Waals surface area contributed by atoms with Gasteiger partial charge in [-0.2, -0.15) is 5.10 Å². The van der Waals surface area contributed by atoms with Crippen LogP contribution < -0.4 is 10.1 Å². The van der Waals surface area contributed by atoms with Crippen LogP contribution in [0.3, 0.4) is 0 Å². The van der Waals surface area contributed by atoms with E-state index in [0.717, 1.165) is 28.3 Å². The highest BCUT2D eigenvalue weighted by Crippen LogP contribution is 2.22. The summed E-state index contributed by atoms with van der Waals surface area (Å²) in [5.41, 5.74) is 4.38. The van der Waals surface area contributed by atoms with Gasteiger partial charge in [0, 0.05) is 23.3 Å². The van der Waals surface area contributed by atoms with E-state index in [2.05, 4.69) is 10.4 Å². The van der Waals surface area contributed by atoms with E-state index >= 15 is 0 Å². The van der Waals surface area contributed by atoms with Crippen LogP contribution in [0, 0.1) is 13.8 Å². The van der Waals surface area contributed by atoms with Crippen molar-refractivity contribution in [3.05, 3.63) is 81.6 Å². The minimum atomic E-state index is -0.136. The molecule has 6 heteroatoms. The predicted octanol–water partition coefficient (Wildman–Crippen LogP) is 4.20. The maximum absolute atomic E-state index is 12.4. The van der Waals surface area contributed by atoms with E-state index in [9.17, 15) is 4.79 Å². The van der Waals surface area contributed by atoms with Crippen LogP contribution in [-0.2, 0) is 20.2 Å². The van der Waals surface area contributed by atoms with Crippen molar-refractivity contribution in [2.45, 2.75) is 27.0 Å². The molecule has 0 saturated heterocycles. The lowest BCUT2D eigenvalue weighted by atomic mass is 10.1. The lowest BCUT2D eigenvalue weighted by Crippen LogP contribution is -2.23. The number of benzene rings is 2. The highest BCUT2D eigenvalue weighted by molar-refractivity contribution is 6.30. The summed E-state index contributed by atoms with van der Waals surface area (Å²) in [7, 11) is 1.88. The van der Waals surface area contributed by atoms with Gasteiger partial charge in [0.2, 0.25) is 0 Å². The normalized spacial score (nSPS) is 10.7. The second-order valence-electron chi connectivity index (χ2n) is 6.48. The Morgan fingerprint density at radius 3 is 2.70 bits per heavy atom. The molecule has 0 spiro atoms. The maximum atomic E-state index is 12.4. The van der Waals surface area contributed by atoms with E-state index in [1.165, 1.54) is 0 Å².